The quantitative estimate of drug-likeness (QED) is 0.422. The van der Waals surface area contributed by atoms with Crippen molar-refractivity contribution < 1.29 is 24.4 Å². The average Bonchev–Trinajstić information content (AvgIpc) is 1.97. The number of alkyl halides is 1. The van der Waals surface area contributed by atoms with Gasteiger partial charge in [0, 0.05) is 0 Å². The lowest BCUT2D eigenvalue weighted by Crippen LogP contribution is -2.54. The zero-order valence-electron chi connectivity index (χ0n) is 6.01. The monoisotopic (exact) mass is 166 g/mol. The number of hydrogen-bond acceptors (Lipinski definition) is 4. The summed E-state index contributed by atoms with van der Waals surface area (Å²) in [5.74, 6) is 0. The summed E-state index contributed by atoms with van der Waals surface area (Å²) in [4.78, 5) is 0. The lowest BCUT2D eigenvalue weighted by molar-refractivity contribution is -0.265. The maximum Gasteiger partial charge on any atom is 0.183 e. The fourth-order valence-corrected chi connectivity index (χ4v) is 1.01. The van der Waals surface area contributed by atoms with Crippen LogP contribution in [-0.4, -0.2) is 46.1 Å². The van der Waals surface area contributed by atoms with Gasteiger partial charge in [0.05, 0.1) is 6.10 Å². The van der Waals surface area contributed by atoms with Gasteiger partial charge in [0.1, 0.15) is 12.2 Å². The van der Waals surface area contributed by atoms with Gasteiger partial charge in [-0.1, -0.05) is 0 Å². The maximum absolute atomic E-state index is 12.7. The van der Waals surface area contributed by atoms with Crippen molar-refractivity contribution >= 4 is 0 Å². The first-order valence-corrected chi connectivity index (χ1v) is 3.37. The van der Waals surface area contributed by atoms with Crippen LogP contribution in [0.15, 0.2) is 0 Å². The lowest BCUT2D eigenvalue weighted by Gasteiger charge is -2.35. The molecule has 1 saturated heterocycles. The van der Waals surface area contributed by atoms with Gasteiger partial charge in [0.15, 0.2) is 12.5 Å². The molecule has 1 heterocycles. The van der Waals surface area contributed by atoms with E-state index < -0.39 is 30.8 Å². The van der Waals surface area contributed by atoms with Crippen molar-refractivity contribution in [2.75, 3.05) is 0 Å². The van der Waals surface area contributed by atoms with Crippen LogP contribution in [0.2, 0.25) is 0 Å². The lowest BCUT2D eigenvalue weighted by atomic mass is 10.0. The van der Waals surface area contributed by atoms with E-state index in [1.165, 1.54) is 6.92 Å². The third-order valence-electron chi connectivity index (χ3n) is 1.77. The Bertz CT molecular complexity index is 129. The van der Waals surface area contributed by atoms with E-state index in [0.717, 1.165) is 0 Å². The van der Waals surface area contributed by atoms with Crippen LogP contribution >= 0.6 is 0 Å². The third kappa shape index (κ3) is 1.51. The minimum atomic E-state index is -1.65. The fourth-order valence-electron chi connectivity index (χ4n) is 1.01. The molecule has 0 aromatic rings. The highest BCUT2D eigenvalue weighted by molar-refractivity contribution is 4.86. The minimum absolute atomic E-state index is 0.886. The van der Waals surface area contributed by atoms with Gasteiger partial charge in [-0.05, 0) is 6.92 Å². The molecule has 4 nitrogen and oxygen atoms in total. The molecule has 11 heavy (non-hydrogen) atoms. The molecule has 0 aromatic heterocycles. The molecule has 0 saturated carbocycles. The van der Waals surface area contributed by atoms with E-state index in [0.29, 0.717) is 0 Å². The topological polar surface area (TPSA) is 69.9 Å². The second-order valence-electron chi connectivity index (χ2n) is 2.66. The van der Waals surface area contributed by atoms with Crippen LogP contribution in [0.1, 0.15) is 6.92 Å². The summed E-state index contributed by atoms with van der Waals surface area (Å²) < 4.78 is 17.3. The Morgan fingerprint density at radius 3 is 2.27 bits per heavy atom. The van der Waals surface area contributed by atoms with Gasteiger partial charge < -0.3 is 20.1 Å². The minimum Gasteiger partial charge on any atom is -0.387 e. The first-order chi connectivity index (χ1) is 5.04. The number of aliphatic hydroxyl groups excluding tert-OH is 3. The van der Waals surface area contributed by atoms with Gasteiger partial charge in [-0.25, -0.2) is 4.39 Å². The Kier molecular flexibility index (Phi) is 2.43. The van der Waals surface area contributed by atoms with Gasteiger partial charge in [-0.15, -0.1) is 0 Å². The maximum atomic E-state index is 12.7. The summed E-state index contributed by atoms with van der Waals surface area (Å²) in [6, 6.07) is 0. The molecule has 0 aromatic carbocycles. The molecule has 1 fully saturated rings. The molecule has 0 unspecified atom stereocenters. The summed E-state index contributed by atoms with van der Waals surface area (Å²) in [5, 5.41) is 26.6. The second-order valence-corrected chi connectivity index (χ2v) is 2.66. The molecule has 1 aliphatic rings. The Balaban J connectivity index is 2.63. The Labute approximate surface area is 63.2 Å². The Morgan fingerprint density at radius 1 is 1.18 bits per heavy atom. The predicted molar refractivity (Wildman–Crippen MR) is 33.5 cm³/mol. The van der Waals surface area contributed by atoms with Crippen LogP contribution in [-0.2, 0) is 4.74 Å². The number of rotatable bonds is 0. The van der Waals surface area contributed by atoms with E-state index in [4.69, 9.17) is 15.3 Å². The normalized spacial score (nSPS) is 52.6. The van der Waals surface area contributed by atoms with E-state index in [1.54, 1.807) is 0 Å². The van der Waals surface area contributed by atoms with Crippen LogP contribution in [0, 0.1) is 0 Å². The zero-order chi connectivity index (χ0) is 8.59. The van der Waals surface area contributed by atoms with Crippen LogP contribution in [0.3, 0.4) is 0 Å². The highest BCUT2D eigenvalue weighted by Gasteiger charge is 2.41. The molecule has 0 aliphatic carbocycles. The van der Waals surface area contributed by atoms with E-state index in [2.05, 4.69) is 4.74 Å². The van der Waals surface area contributed by atoms with Crippen molar-refractivity contribution in [2.45, 2.75) is 37.7 Å². The molecular formula is C6H11FO4. The second kappa shape index (κ2) is 3.02. The molecule has 1 rings (SSSR count). The molecule has 3 N–H and O–H groups in total. The van der Waals surface area contributed by atoms with E-state index in [-0.39, 0.29) is 0 Å². The van der Waals surface area contributed by atoms with Crippen molar-refractivity contribution in [1.29, 1.82) is 0 Å². The number of halogens is 1. The standard InChI is InChI=1S/C6H11FO4/c1-2-3(7)4(8)5(9)6(10)11-2/h2-6,8-10H,1H3/t2-,3+,4+,5+,6+/m0/s1. The van der Waals surface area contributed by atoms with Crippen molar-refractivity contribution in [3.63, 3.8) is 0 Å². The van der Waals surface area contributed by atoms with Gasteiger partial charge in [-0.3, -0.25) is 0 Å². The highest BCUT2D eigenvalue weighted by atomic mass is 19.1. The van der Waals surface area contributed by atoms with Gasteiger partial charge in [0.25, 0.3) is 0 Å². The number of hydrogen-bond donors (Lipinski definition) is 3. The SMILES string of the molecule is C[C@@H]1O[C@@H](O)[C@H](O)[C@H](O)[C@@H]1F. The smallest absolute Gasteiger partial charge is 0.183 e. The molecular weight excluding hydrogens is 155 g/mol. The van der Waals surface area contributed by atoms with Crippen molar-refractivity contribution in [3.05, 3.63) is 0 Å². The largest absolute Gasteiger partial charge is 0.387 e. The summed E-state index contributed by atoms with van der Waals surface area (Å²) in [7, 11) is 0. The molecule has 0 radical (unpaired) electrons. The van der Waals surface area contributed by atoms with E-state index in [1.807, 2.05) is 0 Å². The summed E-state index contributed by atoms with van der Waals surface area (Å²) in [5.41, 5.74) is 0. The van der Waals surface area contributed by atoms with Gasteiger partial charge in [0.2, 0.25) is 0 Å². The van der Waals surface area contributed by atoms with Crippen molar-refractivity contribution in [2.24, 2.45) is 0 Å². The van der Waals surface area contributed by atoms with Gasteiger partial charge in [-0.2, -0.15) is 0 Å². The first kappa shape index (κ1) is 8.86. The van der Waals surface area contributed by atoms with Crippen molar-refractivity contribution in [3.8, 4) is 0 Å². The van der Waals surface area contributed by atoms with E-state index in [9.17, 15) is 4.39 Å². The van der Waals surface area contributed by atoms with Crippen LogP contribution in [0.4, 0.5) is 4.39 Å². The van der Waals surface area contributed by atoms with Crippen LogP contribution in [0.25, 0.3) is 0 Å². The molecule has 5 heteroatoms. The summed E-state index contributed by atoms with van der Waals surface area (Å²) in [6.07, 6.45) is -7.14. The highest BCUT2D eigenvalue weighted by Crippen LogP contribution is 2.21. The molecule has 0 spiro atoms. The molecule has 0 bridgehead atoms. The Hall–Kier alpha value is -0.230. The van der Waals surface area contributed by atoms with E-state index >= 15 is 0 Å². The third-order valence-corrected chi connectivity index (χ3v) is 1.77. The van der Waals surface area contributed by atoms with Crippen LogP contribution < -0.4 is 0 Å². The zero-order valence-corrected chi connectivity index (χ0v) is 6.01. The summed E-state index contributed by atoms with van der Waals surface area (Å²) in [6.45, 7) is 1.38. The molecule has 5 atom stereocenters. The summed E-state index contributed by atoms with van der Waals surface area (Å²) >= 11 is 0. The molecule has 66 valence electrons. The average molecular weight is 166 g/mol. The van der Waals surface area contributed by atoms with Crippen LogP contribution in [0.5, 0.6) is 0 Å². The molecule has 1 aliphatic heterocycles. The molecule has 0 amide bonds. The first-order valence-electron chi connectivity index (χ1n) is 3.37. The number of aliphatic hydroxyl groups is 3. The fraction of sp³-hybridized carbons (Fsp3) is 1.00. The van der Waals surface area contributed by atoms with Crippen molar-refractivity contribution in [1.82, 2.24) is 0 Å². The number of ether oxygens (including phenoxy) is 1. The van der Waals surface area contributed by atoms with Gasteiger partial charge >= 0.3 is 0 Å². The Morgan fingerprint density at radius 2 is 1.73 bits per heavy atom. The predicted octanol–water partition coefficient (Wildman–Crippen LogP) is -1.22.